The average Bonchev–Trinajstić information content (AvgIpc) is 3.61. The summed E-state index contributed by atoms with van der Waals surface area (Å²) >= 11 is 0. The molecule has 12 atom stereocenters. The van der Waals surface area contributed by atoms with Gasteiger partial charge < -0.3 is 54.0 Å². The highest BCUT2D eigenvalue weighted by Crippen LogP contribution is 2.67. The minimum absolute atomic E-state index is 0.207. The predicted octanol–water partition coefficient (Wildman–Crippen LogP) is -3.68. The van der Waals surface area contributed by atoms with E-state index in [1.54, 1.807) is 0 Å². The molecule has 1 aliphatic carbocycles. The fraction of sp³-hybridized carbons (Fsp3) is 0.824. The van der Waals surface area contributed by atoms with E-state index in [2.05, 4.69) is 0 Å². The molecule has 1 saturated carbocycles. The summed E-state index contributed by atoms with van der Waals surface area (Å²) in [5, 5.41) is 49.6. The second kappa shape index (κ2) is 6.57. The first-order valence-corrected chi connectivity index (χ1v) is 9.26. The Balaban J connectivity index is 1.42. The van der Waals surface area contributed by atoms with E-state index in [4.69, 9.17) is 28.4 Å². The Morgan fingerprint density at radius 1 is 1.14 bits per heavy atom. The molecular formula is C17H22O12. The van der Waals surface area contributed by atoms with Crippen LogP contribution in [0.2, 0.25) is 0 Å². The fourth-order valence-electron chi connectivity index (χ4n) is 4.83. The van der Waals surface area contributed by atoms with Gasteiger partial charge in [0, 0.05) is 5.92 Å². The number of ether oxygens (including phenoxy) is 6. The van der Waals surface area contributed by atoms with Crippen molar-refractivity contribution in [1.29, 1.82) is 0 Å². The van der Waals surface area contributed by atoms with Crippen LogP contribution in [0.3, 0.4) is 0 Å². The summed E-state index contributed by atoms with van der Waals surface area (Å²) in [4.78, 5) is 12.2. The van der Waals surface area contributed by atoms with Crippen molar-refractivity contribution in [3.05, 3.63) is 11.8 Å². The number of epoxide rings is 2. The lowest BCUT2D eigenvalue weighted by atomic mass is 9.81. The van der Waals surface area contributed by atoms with Gasteiger partial charge in [0.2, 0.25) is 6.29 Å². The van der Waals surface area contributed by atoms with Crippen molar-refractivity contribution < 1.29 is 58.7 Å². The molecule has 162 valence electrons. The Hall–Kier alpha value is -1.35. The Morgan fingerprint density at radius 2 is 1.86 bits per heavy atom. The van der Waals surface area contributed by atoms with E-state index in [-0.39, 0.29) is 5.57 Å². The molecule has 2 unspecified atom stereocenters. The van der Waals surface area contributed by atoms with E-state index in [0.29, 0.717) is 0 Å². The molecule has 0 amide bonds. The summed E-state index contributed by atoms with van der Waals surface area (Å²) < 4.78 is 32.5. The summed E-state index contributed by atoms with van der Waals surface area (Å²) in [6, 6.07) is 0. The van der Waals surface area contributed by atoms with Gasteiger partial charge in [0.15, 0.2) is 18.2 Å². The Morgan fingerprint density at radius 3 is 2.48 bits per heavy atom. The summed E-state index contributed by atoms with van der Waals surface area (Å²) in [5.74, 6) is -1.85. The molecule has 0 bridgehead atoms. The van der Waals surface area contributed by atoms with Crippen LogP contribution in [0, 0.1) is 11.8 Å². The molecule has 1 spiro atoms. The third kappa shape index (κ3) is 2.62. The SMILES string of the molecule is COC(=O)C1=CO[C@@H](O[C@@H]2O[C@H](CO)[C@@H](O)[C@H](O)[C@H]2O)C2C1[C@@H]1O[C@@H]1[C@]21O[C@H]1O. The molecular weight excluding hydrogens is 396 g/mol. The van der Waals surface area contributed by atoms with Crippen LogP contribution >= 0.6 is 0 Å². The molecule has 4 heterocycles. The van der Waals surface area contributed by atoms with Crippen molar-refractivity contribution in [2.75, 3.05) is 13.7 Å². The van der Waals surface area contributed by atoms with Crippen LogP contribution < -0.4 is 0 Å². The van der Waals surface area contributed by atoms with Gasteiger partial charge in [-0.1, -0.05) is 0 Å². The summed E-state index contributed by atoms with van der Waals surface area (Å²) in [5.41, 5.74) is -0.931. The zero-order valence-electron chi connectivity index (χ0n) is 15.2. The topological polar surface area (TPSA) is 180 Å². The smallest absolute Gasteiger partial charge is 0.337 e. The van der Waals surface area contributed by atoms with E-state index in [1.165, 1.54) is 13.4 Å². The standard InChI is InChI=1S/C17H22O12/c1-24-13(22)4-3-25-14(7-6(4)11-12(27-11)17(7)16(23)29-17)28-15-10(21)9(20)8(19)5(2-18)26-15/h3,5-12,14-16,18-21,23H,2H2,1H3/t5-,6?,7?,8-,9+,10-,11+,12+,14+,15+,16-,17-/m1/s1. The van der Waals surface area contributed by atoms with Gasteiger partial charge in [0.05, 0.1) is 37.6 Å². The molecule has 12 heteroatoms. The molecule has 12 nitrogen and oxygen atoms in total. The van der Waals surface area contributed by atoms with Gasteiger partial charge in [-0.25, -0.2) is 4.79 Å². The highest BCUT2D eigenvalue weighted by molar-refractivity contribution is 5.89. The van der Waals surface area contributed by atoms with Crippen LogP contribution in [0.1, 0.15) is 0 Å². The summed E-state index contributed by atoms with van der Waals surface area (Å²) in [7, 11) is 1.23. The highest BCUT2D eigenvalue weighted by atomic mass is 16.8. The number of hydrogen-bond donors (Lipinski definition) is 5. The molecule has 0 aromatic carbocycles. The quantitative estimate of drug-likeness (QED) is 0.223. The first kappa shape index (κ1) is 19.6. The first-order valence-electron chi connectivity index (χ1n) is 9.26. The summed E-state index contributed by atoms with van der Waals surface area (Å²) in [6.07, 6.45) is -9.35. The average molecular weight is 418 g/mol. The van der Waals surface area contributed by atoms with Crippen LogP contribution in [0.5, 0.6) is 0 Å². The zero-order chi connectivity index (χ0) is 20.7. The second-order valence-corrected chi connectivity index (χ2v) is 7.80. The number of carbonyl (C=O) groups excluding carboxylic acids is 1. The number of esters is 1. The van der Waals surface area contributed by atoms with E-state index in [1.807, 2.05) is 0 Å². The molecule has 0 aromatic heterocycles. The molecule has 4 aliphatic heterocycles. The lowest BCUT2D eigenvalue weighted by Crippen LogP contribution is -2.60. The first-order chi connectivity index (χ1) is 13.8. The fourth-order valence-corrected chi connectivity index (χ4v) is 4.83. The number of hydrogen-bond acceptors (Lipinski definition) is 12. The summed E-state index contributed by atoms with van der Waals surface area (Å²) in [6.45, 7) is -0.613. The Bertz CT molecular complexity index is 725. The molecule has 29 heavy (non-hydrogen) atoms. The third-order valence-electron chi connectivity index (χ3n) is 6.40. The maximum Gasteiger partial charge on any atom is 0.337 e. The van der Waals surface area contributed by atoms with E-state index >= 15 is 0 Å². The number of aliphatic hydroxyl groups excluding tert-OH is 5. The van der Waals surface area contributed by atoms with Crippen molar-refractivity contribution in [2.45, 2.75) is 61.1 Å². The molecule has 5 rings (SSSR count). The van der Waals surface area contributed by atoms with Crippen LogP contribution in [0.15, 0.2) is 11.8 Å². The van der Waals surface area contributed by atoms with Crippen molar-refractivity contribution in [3.8, 4) is 0 Å². The number of fused-ring (bicyclic) bond motifs is 5. The lowest BCUT2D eigenvalue weighted by Gasteiger charge is -2.43. The van der Waals surface area contributed by atoms with Gasteiger partial charge in [-0.05, 0) is 0 Å². The van der Waals surface area contributed by atoms with Crippen LogP contribution in [-0.4, -0.2) is 106 Å². The minimum Gasteiger partial charge on any atom is -0.471 e. The maximum absolute atomic E-state index is 12.2. The van der Waals surface area contributed by atoms with Crippen LogP contribution in [0.4, 0.5) is 0 Å². The van der Waals surface area contributed by atoms with Gasteiger partial charge in [-0.2, -0.15) is 0 Å². The second-order valence-electron chi connectivity index (χ2n) is 7.80. The number of carbonyl (C=O) groups is 1. The highest BCUT2D eigenvalue weighted by Gasteiger charge is 2.85. The van der Waals surface area contributed by atoms with Gasteiger partial charge in [0.1, 0.15) is 30.5 Å². The van der Waals surface area contributed by atoms with E-state index in [0.717, 1.165) is 0 Å². The van der Waals surface area contributed by atoms with Crippen LogP contribution in [-0.2, 0) is 33.2 Å². The minimum atomic E-state index is -1.63. The molecule has 4 fully saturated rings. The van der Waals surface area contributed by atoms with Crippen molar-refractivity contribution in [3.63, 3.8) is 0 Å². The molecule has 5 N–H and O–H groups in total. The third-order valence-corrected chi connectivity index (χ3v) is 6.40. The van der Waals surface area contributed by atoms with Crippen LogP contribution in [0.25, 0.3) is 0 Å². The number of rotatable bonds is 4. The Kier molecular flexibility index (Phi) is 4.44. The molecule has 0 radical (unpaired) electrons. The van der Waals surface area contributed by atoms with Gasteiger partial charge in [-0.15, -0.1) is 0 Å². The maximum atomic E-state index is 12.2. The van der Waals surface area contributed by atoms with Crippen molar-refractivity contribution >= 4 is 5.97 Å². The molecule has 3 saturated heterocycles. The van der Waals surface area contributed by atoms with E-state index < -0.39 is 85.5 Å². The normalized spacial score (nSPS) is 54.8. The largest absolute Gasteiger partial charge is 0.471 e. The lowest BCUT2D eigenvalue weighted by molar-refractivity contribution is -0.344. The zero-order valence-corrected chi connectivity index (χ0v) is 15.2. The van der Waals surface area contributed by atoms with Gasteiger partial charge >= 0.3 is 5.97 Å². The van der Waals surface area contributed by atoms with Gasteiger partial charge in [0.25, 0.3) is 0 Å². The van der Waals surface area contributed by atoms with Crippen molar-refractivity contribution in [1.82, 2.24) is 0 Å². The van der Waals surface area contributed by atoms with Crippen molar-refractivity contribution in [2.24, 2.45) is 11.8 Å². The van der Waals surface area contributed by atoms with E-state index in [9.17, 15) is 30.3 Å². The van der Waals surface area contributed by atoms with Gasteiger partial charge in [-0.3, -0.25) is 0 Å². The predicted molar refractivity (Wildman–Crippen MR) is 85.3 cm³/mol. The molecule has 0 aromatic rings. The monoisotopic (exact) mass is 418 g/mol. The number of aliphatic hydroxyl groups is 5. The number of methoxy groups -OCH3 is 1. The molecule has 5 aliphatic rings. The Labute approximate surface area is 164 Å².